The third-order valence-corrected chi connectivity index (χ3v) is 4.39. The van der Waals surface area contributed by atoms with Gasteiger partial charge >= 0.3 is 6.03 Å². The molecule has 0 bridgehead atoms. The molecule has 2 fully saturated rings. The van der Waals surface area contributed by atoms with E-state index in [0.717, 1.165) is 31.6 Å². The van der Waals surface area contributed by atoms with E-state index in [1.165, 1.54) is 0 Å². The fourth-order valence-corrected chi connectivity index (χ4v) is 3.02. The molecule has 2 aliphatic heterocycles. The summed E-state index contributed by atoms with van der Waals surface area (Å²) >= 11 is 0. The number of carbonyl (C=O) groups excluding carboxylic acids is 2. The van der Waals surface area contributed by atoms with Gasteiger partial charge in [-0.3, -0.25) is 9.69 Å². The van der Waals surface area contributed by atoms with Crippen LogP contribution in [0.25, 0.3) is 0 Å². The van der Waals surface area contributed by atoms with E-state index in [-0.39, 0.29) is 30.4 Å². The second kappa shape index (κ2) is 7.66. The second-order valence-corrected chi connectivity index (χ2v) is 5.85. The van der Waals surface area contributed by atoms with Crippen LogP contribution in [-0.2, 0) is 0 Å². The summed E-state index contributed by atoms with van der Waals surface area (Å²) < 4.78 is 0. The highest BCUT2D eigenvalue weighted by atomic mass is 35.5. The van der Waals surface area contributed by atoms with Crippen LogP contribution in [0.3, 0.4) is 0 Å². The number of urea groups is 1. The van der Waals surface area contributed by atoms with Crippen molar-refractivity contribution in [1.82, 2.24) is 15.5 Å². The Hall–Kier alpha value is -1.79. The van der Waals surface area contributed by atoms with Gasteiger partial charge in [-0.05, 0) is 37.6 Å². The van der Waals surface area contributed by atoms with Crippen LogP contribution in [0.4, 0.5) is 10.5 Å². The largest absolute Gasteiger partial charge is 0.338 e. The third kappa shape index (κ3) is 3.76. The van der Waals surface area contributed by atoms with Crippen molar-refractivity contribution in [2.45, 2.75) is 18.9 Å². The fourth-order valence-electron chi connectivity index (χ4n) is 3.02. The average molecular weight is 339 g/mol. The van der Waals surface area contributed by atoms with Crippen LogP contribution in [0.15, 0.2) is 24.3 Å². The summed E-state index contributed by atoms with van der Waals surface area (Å²) in [5.74, 6) is 0.00738. The van der Waals surface area contributed by atoms with E-state index in [4.69, 9.17) is 0 Å². The zero-order valence-electron chi connectivity index (χ0n) is 13.2. The van der Waals surface area contributed by atoms with Gasteiger partial charge in [0.15, 0.2) is 0 Å². The molecule has 1 unspecified atom stereocenters. The molecule has 7 heteroatoms. The maximum atomic E-state index is 12.6. The SMILES string of the molecule is CN(C(=O)c1cccc(N2CCCNC2=O)c1)C1CCNC1.Cl. The van der Waals surface area contributed by atoms with Crippen molar-refractivity contribution in [1.29, 1.82) is 0 Å². The van der Waals surface area contributed by atoms with E-state index in [1.807, 2.05) is 31.3 Å². The Morgan fingerprint density at radius 2 is 2.17 bits per heavy atom. The first kappa shape index (κ1) is 17.6. The molecule has 3 amide bonds. The molecule has 2 saturated heterocycles. The molecule has 2 heterocycles. The number of nitrogens with zero attached hydrogens (tertiary/aromatic N) is 2. The van der Waals surface area contributed by atoms with Crippen molar-refractivity contribution in [3.63, 3.8) is 0 Å². The zero-order chi connectivity index (χ0) is 15.5. The van der Waals surface area contributed by atoms with Gasteiger partial charge in [0.05, 0.1) is 0 Å². The lowest BCUT2D eigenvalue weighted by atomic mass is 10.1. The smallest absolute Gasteiger partial charge is 0.321 e. The van der Waals surface area contributed by atoms with Crippen LogP contribution in [0.5, 0.6) is 0 Å². The van der Waals surface area contributed by atoms with Gasteiger partial charge < -0.3 is 15.5 Å². The molecule has 0 spiro atoms. The minimum absolute atomic E-state index is 0. The molecule has 23 heavy (non-hydrogen) atoms. The number of hydrogen-bond donors (Lipinski definition) is 2. The Balaban J connectivity index is 0.00000192. The first-order valence-corrected chi connectivity index (χ1v) is 7.80. The first-order chi connectivity index (χ1) is 10.7. The number of hydrogen-bond acceptors (Lipinski definition) is 3. The second-order valence-electron chi connectivity index (χ2n) is 5.85. The fraction of sp³-hybridized carbons (Fsp3) is 0.500. The number of halogens is 1. The number of anilines is 1. The first-order valence-electron chi connectivity index (χ1n) is 7.80. The minimum atomic E-state index is -0.0933. The lowest BCUT2D eigenvalue weighted by molar-refractivity contribution is 0.0743. The minimum Gasteiger partial charge on any atom is -0.338 e. The highest BCUT2D eigenvalue weighted by Crippen LogP contribution is 2.20. The lowest BCUT2D eigenvalue weighted by Gasteiger charge is -2.28. The molecule has 0 aliphatic carbocycles. The van der Waals surface area contributed by atoms with Gasteiger partial charge in [-0.25, -0.2) is 4.79 Å². The van der Waals surface area contributed by atoms with Crippen molar-refractivity contribution in [3.05, 3.63) is 29.8 Å². The van der Waals surface area contributed by atoms with Gasteiger partial charge in [0.2, 0.25) is 0 Å². The summed E-state index contributed by atoms with van der Waals surface area (Å²) in [7, 11) is 1.85. The maximum absolute atomic E-state index is 12.6. The molecule has 1 aromatic rings. The molecular weight excluding hydrogens is 316 g/mol. The van der Waals surface area contributed by atoms with Gasteiger partial charge in [0.1, 0.15) is 0 Å². The van der Waals surface area contributed by atoms with E-state index < -0.39 is 0 Å². The van der Waals surface area contributed by atoms with E-state index >= 15 is 0 Å². The van der Waals surface area contributed by atoms with Gasteiger partial charge in [0, 0.05) is 44.0 Å². The van der Waals surface area contributed by atoms with Crippen LogP contribution in [0.2, 0.25) is 0 Å². The zero-order valence-corrected chi connectivity index (χ0v) is 14.1. The highest BCUT2D eigenvalue weighted by Gasteiger charge is 2.25. The average Bonchev–Trinajstić information content (AvgIpc) is 3.08. The quantitative estimate of drug-likeness (QED) is 0.877. The molecule has 126 valence electrons. The van der Waals surface area contributed by atoms with Crippen LogP contribution in [0, 0.1) is 0 Å². The van der Waals surface area contributed by atoms with E-state index in [9.17, 15) is 9.59 Å². The lowest BCUT2D eigenvalue weighted by Crippen LogP contribution is -2.46. The summed E-state index contributed by atoms with van der Waals surface area (Å²) in [6.45, 7) is 3.20. The summed E-state index contributed by atoms with van der Waals surface area (Å²) in [6, 6.07) is 7.49. The molecule has 2 aliphatic rings. The number of rotatable bonds is 3. The Labute approximate surface area is 142 Å². The van der Waals surface area contributed by atoms with Crippen molar-refractivity contribution >= 4 is 30.0 Å². The standard InChI is InChI=1S/C16H22N4O2.ClH/c1-19(14-6-8-17-11-14)15(21)12-4-2-5-13(10-12)20-9-3-7-18-16(20)22;/h2,4-5,10,14,17H,3,6-9,11H2,1H3,(H,18,22);1H. The highest BCUT2D eigenvalue weighted by molar-refractivity contribution is 5.98. The molecule has 0 radical (unpaired) electrons. The van der Waals surface area contributed by atoms with Crippen molar-refractivity contribution in [2.24, 2.45) is 0 Å². The van der Waals surface area contributed by atoms with Gasteiger partial charge in [-0.1, -0.05) is 6.07 Å². The van der Waals surface area contributed by atoms with Gasteiger partial charge in [-0.15, -0.1) is 12.4 Å². The van der Waals surface area contributed by atoms with Crippen molar-refractivity contribution < 1.29 is 9.59 Å². The molecule has 6 nitrogen and oxygen atoms in total. The predicted molar refractivity (Wildman–Crippen MR) is 92.4 cm³/mol. The Morgan fingerprint density at radius 1 is 1.35 bits per heavy atom. The number of carbonyl (C=O) groups is 2. The van der Waals surface area contributed by atoms with Gasteiger partial charge in [-0.2, -0.15) is 0 Å². The van der Waals surface area contributed by atoms with Crippen molar-refractivity contribution in [3.8, 4) is 0 Å². The number of nitrogens with one attached hydrogen (secondary N) is 2. The maximum Gasteiger partial charge on any atom is 0.321 e. The molecule has 0 aromatic heterocycles. The molecular formula is C16H23ClN4O2. The van der Waals surface area contributed by atoms with E-state index in [1.54, 1.807) is 9.80 Å². The predicted octanol–water partition coefficient (Wildman–Crippen LogP) is 1.46. The molecule has 2 N–H and O–H groups in total. The molecule has 1 aromatic carbocycles. The Bertz CT molecular complexity index is 575. The summed E-state index contributed by atoms with van der Waals surface area (Å²) in [5.41, 5.74) is 1.41. The van der Waals surface area contributed by atoms with Crippen LogP contribution in [0.1, 0.15) is 23.2 Å². The topological polar surface area (TPSA) is 64.7 Å². The van der Waals surface area contributed by atoms with Crippen LogP contribution < -0.4 is 15.5 Å². The molecule has 3 rings (SSSR count). The van der Waals surface area contributed by atoms with Crippen LogP contribution in [-0.4, -0.2) is 56.1 Å². The summed E-state index contributed by atoms with van der Waals surface area (Å²) in [4.78, 5) is 28.1. The Morgan fingerprint density at radius 3 is 2.87 bits per heavy atom. The number of benzene rings is 1. The third-order valence-electron chi connectivity index (χ3n) is 4.39. The number of likely N-dealkylation sites (N-methyl/N-ethyl adjacent to an activating group) is 1. The van der Waals surface area contributed by atoms with E-state index in [2.05, 4.69) is 10.6 Å². The van der Waals surface area contributed by atoms with E-state index in [0.29, 0.717) is 18.7 Å². The van der Waals surface area contributed by atoms with Crippen LogP contribution >= 0.6 is 12.4 Å². The van der Waals surface area contributed by atoms with Crippen molar-refractivity contribution in [2.75, 3.05) is 38.1 Å². The number of amides is 3. The summed E-state index contributed by atoms with van der Waals surface area (Å²) in [5, 5.41) is 6.10. The summed E-state index contributed by atoms with van der Waals surface area (Å²) in [6.07, 6.45) is 1.90. The Kier molecular flexibility index (Phi) is 5.85. The van der Waals surface area contributed by atoms with Gasteiger partial charge in [0.25, 0.3) is 5.91 Å². The normalized spacial score (nSPS) is 20.7. The monoisotopic (exact) mass is 338 g/mol. The molecule has 0 saturated carbocycles. The molecule has 1 atom stereocenters.